The minimum atomic E-state index is -0.141. The van der Waals surface area contributed by atoms with Crippen LogP contribution in [-0.4, -0.2) is 67.6 Å². The molecular formula is C19H28ClN3O3. The Hall–Kier alpha value is -1.63. The lowest BCUT2D eigenvalue weighted by Gasteiger charge is -2.35. The van der Waals surface area contributed by atoms with Gasteiger partial charge in [-0.3, -0.25) is 14.5 Å². The molecule has 1 N–H and O–H groups in total. The summed E-state index contributed by atoms with van der Waals surface area (Å²) in [5, 5.41) is 3.26. The number of hydrogen-bond donors (Lipinski definition) is 1. The Labute approximate surface area is 160 Å². The first-order valence-corrected chi connectivity index (χ1v) is 9.61. The number of amides is 2. The average molecular weight is 382 g/mol. The van der Waals surface area contributed by atoms with E-state index < -0.39 is 0 Å². The maximum atomic E-state index is 12.9. The molecule has 2 rings (SSSR count). The Balaban J connectivity index is 1.94. The Morgan fingerprint density at radius 1 is 1.15 bits per heavy atom. The number of benzene rings is 1. The molecule has 1 heterocycles. The molecule has 1 aliphatic rings. The van der Waals surface area contributed by atoms with Gasteiger partial charge in [-0.15, -0.1) is 0 Å². The molecule has 0 radical (unpaired) electrons. The van der Waals surface area contributed by atoms with Gasteiger partial charge in [0.2, 0.25) is 5.91 Å². The van der Waals surface area contributed by atoms with Crippen LogP contribution in [0.25, 0.3) is 0 Å². The van der Waals surface area contributed by atoms with E-state index in [0.29, 0.717) is 35.8 Å². The predicted octanol–water partition coefficient (Wildman–Crippen LogP) is 2.87. The van der Waals surface area contributed by atoms with E-state index in [4.69, 9.17) is 16.3 Å². The third-order valence-corrected chi connectivity index (χ3v) is 4.60. The van der Waals surface area contributed by atoms with Crippen molar-refractivity contribution in [1.82, 2.24) is 9.80 Å². The zero-order valence-electron chi connectivity index (χ0n) is 15.6. The molecule has 1 aromatic rings. The lowest BCUT2D eigenvalue weighted by atomic mass is 10.1. The first-order valence-electron chi connectivity index (χ1n) is 9.24. The van der Waals surface area contributed by atoms with Gasteiger partial charge in [0.25, 0.3) is 5.91 Å². The van der Waals surface area contributed by atoms with Crippen LogP contribution in [0.3, 0.4) is 0 Å². The maximum absolute atomic E-state index is 12.9. The summed E-state index contributed by atoms with van der Waals surface area (Å²) in [6, 6.07) is 4.99. The molecule has 0 bridgehead atoms. The van der Waals surface area contributed by atoms with E-state index in [1.54, 1.807) is 25.1 Å². The van der Waals surface area contributed by atoms with Crippen molar-refractivity contribution < 1.29 is 14.3 Å². The number of ether oxygens (including phenoxy) is 1. The molecule has 2 amide bonds. The molecule has 0 aliphatic carbocycles. The summed E-state index contributed by atoms with van der Waals surface area (Å²) in [7, 11) is 0. The largest absolute Gasteiger partial charge is 0.380 e. The number of nitrogens with zero attached hydrogens (tertiary/aromatic N) is 2. The van der Waals surface area contributed by atoms with Crippen LogP contribution < -0.4 is 5.32 Å². The zero-order valence-corrected chi connectivity index (χ0v) is 16.3. The summed E-state index contributed by atoms with van der Waals surface area (Å²) >= 11 is 6.03. The minimum Gasteiger partial charge on any atom is -0.380 e. The third kappa shape index (κ3) is 5.97. The summed E-state index contributed by atoms with van der Waals surface area (Å²) in [5.74, 6) is -0.215. The Kier molecular flexibility index (Phi) is 8.35. The van der Waals surface area contributed by atoms with Crippen molar-refractivity contribution in [2.75, 3.05) is 51.3 Å². The SMILES string of the molecule is CCCOCCN1CCN(C(=O)c2ccc(Cl)cc2NC(=O)CC)CC1. The highest BCUT2D eigenvalue weighted by molar-refractivity contribution is 6.31. The summed E-state index contributed by atoms with van der Waals surface area (Å²) in [5.41, 5.74) is 0.959. The van der Waals surface area contributed by atoms with Crippen molar-refractivity contribution in [3.8, 4) is 0 Å². The summed E-state index contributed by atoms with van der Waals surface area (Å²) in [6.07, 6.45) is 1.37. The van der Waals surface area contributed by atoms with Crippen molar-refractivity contribution >= 4 is 29.1 Å². The van der Waals surface area contributed by atoms with Crippen LogP contribution in [0.2, 0.25) is 5.02 Å². The van der Waals surface area contributed by atoms with Gasteiger partial charge in [-0.1, -0.05) is 25.4 Å². The van der Waals surface area contributed by atoms with Gasteiger partial charge in [0.15, 0.2) is 0 Å². The predicted molar refractivity (Wildman–Crippen MR) is 104 cm³/mol. The van der Waals surface area contributed by atoms with E-state index in [1.165, 1.54) is 0 Å². The van der Waals surface area contributed by atoms with Gasteiger partial charge in [0, 0.05) is 50.8 Å². The summed E-state index contributed by atoms with van der Waals surface area (Å²) in [6.45, 7) is 9.25. The number of hydrogen-bond acceptors (Lipinski definition) is 4. The quantitative estimate of drug-likeness (QED) is 0.703. The molecule has 0 spiro atoms. The molecule has 0 saturated carbocycles. The van der Waals surface area contributed by atoms with E-state index in [2.05, 4.69) is 17.1 Å². The van der Waals surface area contributed by atoms with Crippen LogP contribution in [0.1, 0.15) is 37.0 Å². The number of halogens is 1. The normalized spacial score (nSPS) is 15.1. The molecule has 0 unspecified atom stereocenters. The van der Waals surface area contributed by atoms with Gasteiger partial charge < -0.3 is 15.0 Å². The third-order valence-electron chi connectivity index (χ3n) is 4.37. The number of nitrogens with one attached hydrogen (secondary N) is 1. The Morgan fingerprint density at radius 2 is 1.88 bits per heavy atom. The second kappa shape index (κ2) is 10.5. The van der Waals surface area contributed by atoms with Crippen LogP contribution in [0.4, 0.5) is 5.69 Å². The molecule has 0 aromatic heterocycles. The second-order valence-corrected chi connectivity index (χ2v) is 6.77. The fourth-order valence-electron chi connectivity index (χ4n) is 2.83. The van der Waals surface area contributed by atoms with Gasteiger partial charge in [-0.25, -0.2) is 0 Å². The van der Waals surface area contributed by atoms with Gasteiger partial charge in [-0.05, 0) is 24.6 Å². The average Bonchev–Trinajstić information content (AvgIpc) is 2.65. The van der Waals surface area contributed by atoms with E-state index in [9.17, 15) is 9.59 Å². The van der Waals surface area contributed by atoms with Crippen LogP contribution >= 0.6 is 11.6 Å². The fraction of sp³-hybridized carbons (Fsp3) is 0.579. The van der Waals surface area contributed by atoms with Gasteiger partial charge in [0.05, 0.1) is 17.9 Å². The fourth-order valence-corrected chi connectivity index (χ4v) is 3.00. The van der Waals surface area contributed by atoms with Gasteiger partial charge >= 0.3 is 0 Å². The van der Waals surface area contributed by atoms with Crippen molar-refractivity contribution in [3.63, 3.8) is 0 Å². The molecule has 6 nitrogen and oxygen atoms in total. The summed E-state index contributed by atoms with van der Waals surface area (Å²) in [4.78, 5) is 28.8. The molecule has 1 aliphatic heterocycles. The smallest absolute Gasteiger partial charge is 0.256 e. The Morgan fingerprint density at radius 3 is 2.54 bits per heavy atom. The Bertz CT molecular complexity index is 616. The van der Waals surface area contributed by atoms with Gasteiger partial charge in [-0.2, -0.15) is 0 Å². The lowest BCUT2D eigenvalue weighted by molar-refractivity contribution is -0.115. The van der Waals surface area contributed by atoms with Crippen LogP contribution in [-0.2, 0) is 9.53 Å². The van der Waals surface area contributed by atoms with Crippen LogP contribution in [0.15, 0.2) is 18.2 Å². The monoisotopic (exact) mass is 381 g/mol. The highest BCUT2D eigenvalue weighted by atomic mass is 35.5. The molecular weight excluding hydrogens is 354 g/mol. The summed E-state index contributed by atoms with van der Waals surface area (Å²) < 4.78 is 5.53. The van der Waals surface area contributed by atoms with E-state index in [0.717, 1.165) is 39.3 Å². The number of piperazine rings is 1. The zero-order chi connectivity index (χ0) is 18.9. The molecule has 1 aromatic carbocycles. The highest BCUT2D eigenvalue weighted by Crippen LogP contribution is 2.23. The highest BCUT2D eigenvalue weighted by Gasteiger charge is 2.24. The van der Waals surface area contributed by atoms with Crippen LogP contribution in [0.5, 0.6) is 0 Å². The van der Waals surface area contributed by atoms with Crippen molar-refractivity contribution in [2.45, 2.75) is 26.7 Å². The van der Waals surface area contributed by atoms with E-state index in [1.807, 2.05) is 4.90 Å². The molecule has 144 valence electrons. The van der Waals surface area contributed by atoms with Crippen molar-refractivity contribution in [3.05, 3.63) is 28.8 Å². The van der Waals surface area contributed by atoms with Crippen LogP contribution in [0, 0.1) is 0 Å². The number of rotatable bonds is 8. The number of anilines is 1. The molecule has 26 heavy (non-hydrogen) atoms. The minimum absolute atomic E-state index is 0.0741. The van der Waals surface area contributed by atoms with E-state index in [-0.39, 0.29) is 11.8 Å². The molecule has 0 atom stereocenters. The van der Waals surface area contributed by atoms with E-state index >= 15 is 0 Å². The molecule has 1 fully saturated rings. The number of carbonyl (C=O) groups excluding carboxylic acids is 2. The topological polar surface area (TPSA) is 61.9 Å². The molecule has 7 heteroatoms. The standard InChI is InChI=1S/C19H28ClN3O3/c1-3-12-26-13-11-22-7-9-23(10-8-22)19(25)16-6-5-15(20)14-17(16)21-18(24)4-2/h5-6,14H,3-4,7-13H2,1-2H3,(H,21,24). The lowest BCUT2D eigenvalue weighted by Crippen LogP contribution is -2.49. The second-order valence-electron chi connectivity index (χ2n) is 6.34. The van der Waals surface area contributed by atoms with Crippen molar-refractivity contribution in [1.29, 1.82) is 0 Å². The maximum Gasteiger partial charge on any atom is 0.256 e. The first-order chi connectivity index (χ1) is 12.5. The number of carbonyl (C=O) groups is 2. The van der Waals surface area contributed by atoms with Gasteiger partial charge in [0.1, 0.15) is 0 Å². The molecule has 1 saturated heterocycles. The first kappa shape index (κ1) is 20.7. The van der Waals surface area contributed by atoms with Crippen molar-refractivity contribution in [2.24, 2.45) is 0 Å².